The van der Waals surface area contributed by atoms with Crippen molar-refractivity contribution >= 4 is 11.6 Å². The molecule has 2 aromatic rings. The fourth-order valence-electron chi connectivity index (χ4n) is 2.15. The third-order valence-corrected chi connectivity index (χ3v) is 3.52. The van der Waals surface area contributed by atoms with Gasteiger partial charge in [0.05, 0.1) is 7.11 Å². The molecule has 1 N–H and O–H groups in total. The number of methoxy groups -OCH3 is 1. The van der Waals surface area contributed by atoms with Crippen LogP contribution in [0, 0.1) is 5.82 Å². The summed E-state index contributed by atoms with van der Waals surface area (Å²) in [5.41, 5.74) is 1.69. The summed E-state index contributed by atoms with van der Waals surface area (Å²) in [4.78, 5) is 0. The average molecular weight is 294 g/mol. The number of halogens is 2. The molecule has 1 atom stereocenters. The summed E-state index contributed by atoms with van der Waals surface area (Å²) in [6.07, 6.45) is 0.548. The van der Waals surface area contributed by atoms with Crippen molar-refractivity contribution in [3.05, 3.63) is 64.4 Å². The molecule has 0 amide bonds. The highest BCUT2D eigenvalue weighted by Gasteiger charge is 2.13. The molecule has 0 radical (unpaired) electrons. The maximum atomic E-state index is 13.9. The van der Waals surface area contributed by atoms with Gasteiger partial charge < -0.3 is 10.1 Å². The molecule has 0 spiro atoms. The molecule has 0 aliphatic rings. The standard InChI is InChI=1S/C16H17ClFNO/c1-19-16(12-4-3-5-14(8-12)20-2)9-11-6-7-13(17)10-15(11)18/h3-8,10,16,19H,9H2,1-2H3. The zero-order valence-electron chi connectivity index (χ0n) is 11.5. The zero-order valence-corrected chi connectivity index (χ0v) is 12.2. The SMILES string of the molecule is CNC(Cc1ccc(Cl)cc1F)c1cccc(OC)c1. The molecular formula is C16H17ClFNO. The molecule has 4 heteroatoms. The minimum atomic E-state index is -0.277. The maximum Gasteiger partial charge on any atom is 0.127 e. The van der Waals surface area contributed by atoms with Crippen molar-refractivity contribution < 1.29 is 9.13 Å². The number of benzene rings is 2. The van der Waals surface area contributed by atoms with Gasteiger partial charge in [-0.2, -0.15) is 0 Å². The smallest absolute Gasteiger partial charge is 0.127 e. The molecular weight excluding hydrogens is 277 g/mol. The van der Waals surface area contributed by atoms with Gasteiger partial charge >= 0.3 is 0 Å². The topological polar surface area (TPSA) is 21.3 Å². The molecule has 0 heterocycles. The van der Waals surface area contributed by atoms with Crippen molar-refractivity contribution in [2.75, 3.05) is 14.2 Å². The van der Waals surface area contributed by atoms with Crippen LogP contribution in [0.1, 0.15) is 17.2 Å². The van der Waals surface area contributed by atoms with Gasteiger partial charge in [-0.25, -0.2) is 4.39 Å². The van der Waals surface area contributed by atoms with E-state index in [1.807, 2.05) is 31.3 Å². The van der Waals surface area contributed by atoms with Crippen molar-refractivity contribution in [1.29, 1.82) is 0 Å². The van der Waals surface area contributed by atoms with Gasteiger partial charge in [-0.1, -0.05) is 29.8 Å². The molecule has 0 saturated heterocycles. The quantitative estimate of drug-likeness (QED) is 0.900. The van der Waals surface area contributed by atoms with Gasteiger partial charge in [0.1, 0.15) is 11.6 Å². The summed E-state index contributed by atoms with van der Waals surface area (Å²) in [6, 6.07) is 12.6. The highest BCUT2D eigenvalue weighted by molar-refractivity contribution is 6.30. The predicted octanol–water partition coefficient (Wildman–Crippen LogP) is 3.99. The lowest BCUT2D eigenvalue weighted by Crippen LogP contribution is -2.19. The van der Waals surface area contributed by atoms with Crippen LogP contribution in [0.3, 0.4) is 0 Å². The van der Waals surface area contributed by atoms with E-state index >= 15 is 0 Å². The molecule has 106 valence electrons. The van der Waals surface area contributed by atoms with Crippen LogP contribution in [0.25, 0.3) is 0 Å². The van der Waals surface area contributed by atoms with Crippen LogP contribution < -0.4 is 10.1 Å². The second-order valence-electron chi connectivity index (χ2n) is 4.56. The van der Waals surface area contributed by atoms with Crippen LogP contribution in [0.15, 0.2) is 42.5 Å². The number of ether oxygens (including phenoxy) is 1. The lowest BCUT2D eigenvalue weighted by atomic mass is 9.98. The summed E-state index contributed by atoms with van der Waals surface area (Å²) >= 11 is 5.77. The monoisotopic (exact) mass is 293 g/mol. The van der Waals surface area contributed by atoms with E-state index in [0.717, 1.165) is 11.3 Å². The van der Waals surface area contributed by atoms with Crippen LogP contribution >= 0.6 is 11.6 Å². The predicted molar refractivity (Wildman–Crippen MR) is 79.9 cm³/mol. The molecule has 0 fully saturated rings. The van der Waals surface area contributed by atoms with Gasteiger partial charge in [0.15, 0.2) is 0 Å². The average Bonchev–Trinajstić information content (AvgIpc) is 2.46. The normalized spacial score (nSPS) is 12.2. The largest absolute Gasteiger partial charge is 0.497 e. The molecule has 20 heavy (non-hydrogen) atoms. The van der Waals surface area contributed by atoms with Crippen LogP contribution in [0.2, 0.25) is 5.02 Å². The fourth-order valence-corrected chi connectivity index (χ4v) is 2.31. The van der Waals surface area contributed by atoms with Gasteiger partial charge in [-0.05, 0) is 48.9 Å². The Morgan fingerprint density at radius 1 is 1.25 bits per heavy atom. The zero-order chi connectivity index (χ0) is 14.5. The van der Waals surface area contributed by atoms with Gasteiger partial charge in [-0.15, -0.1) is 0 Å². The minimum Gasteiger partial charge on any atom is -0.497 e. The van der Waals surface area contributed by atoms with Crippen molar-refractivity contribution in [2.45, 2.75) is 12.5 Å². The summed E-state index contributed by atoms with van der Waals surface area (Å²) in [7, 11) is 3.49. The molecule has 1 unspecified atom stereocenters. The van der Waals surface area contributed by atoms with Crippen molar-refractivity contribution in [3.8, 4) is 5.75 Å². The molecule has 0 bridgehead atoms. The first-order valence-electron chi connectivity index (χ1n) is 6.39. The molecule has 0 aromatic heterocycles. The van der Waals surface area contributed by atoms with Gasteiger partial charge in [0.2, 0.25) is 0 Å². The lowest BCUT2D eigenvalue weighted by Gasteiger charge is -2.18. The van der Waals surface area contributed by atoms with Crippen molar-refractivity contribution in [3.63, 3.8) is 0 Å². The first kappa shape index (κ1) is 14.8. The second-order valence-corrected chi connectivity index (χ2v) is 4.99. The minimum absolute atomic E-state index is 0.0146. The highest BCUT2D eigenvalue weighted by atomic mass is 35.5. The Hall–Kier alpha value is -1.58. The molecule has 2 nitrogen and oxygen atoms in total. The van der Waals surface area contributed by atoms with Crippen LogP contribution in [-0.2, 0) is 6.42 Å². The summed E-state index contributed by atoms with van der Waals surface area (Å²) < 4.78 is 19.1. The summed E-state index contributed by atoms with van der Waals surface area (Å²) in [6.45, 7) is 0. The Morgan fingerprint density at radius 3 is 2.70 bits per heavy atom. The third-order valence-electron chi connectivity index (χ3n) is 3.28. The third kappa shape index (κ3) is 3.50. The van der Waals surface area contributed by atoms with Gasteiger partial charge in [0, 0.05) is 11.1 Å². The first-order chi connectivity index (χ1) is 9.63. The number of likely N-dealkylation sites (N-methyl/N-ethyl adjacent to an activating group) is 1. The molecule has 2 aromatic carbocycles. The number of hydrogen-bond acceptors (Lipinski definition) is 2. The van der Waals surface area contributed by atoms with Crippen molar-refractivity contribution in [2.24, 2.45) is 0 Å². The Bertz CT molecular complexity index is 588. The number of rotatable bonds is 5. The van der Waals surface area contributed by atoms with Gasteiger partial charge in [-0.3, -0.25) is 0 Å². The Morgan fingerprint density at radius 2 is 2.05 bits per heavy atom. The lowest BCUT2D eigenvalue weighted by molar-refractivity contribution is 0.413. The summed E-state index contributed by atoms with van der Waals surface area (Å²) in [5, 5.41) is 3.62. The van der Waals surface area contributed by atoms with E-state index in [4.69, 9.17) is 16.3 Å². The van der Waals surface area contributed by atoms with E-state index in [9.17, 15) is 4.39 Å². The Balaban J connectivity index is 2.23. The number of hydrogen-bond donors (Lipinski definition) is 1. The first-order valence-corrected chi connectivity index (χ1v) is 6.77. The van der Waals surface area contributed by atoms with Crippen LogP contribution in [0.5, 0.6) is 5.75 Å². The second kappa shape index (κ2) is 6.73. The molecule has 0 aliphatic carbocycles. The highest BCUT2D eigenvalue weighted by Crippen LogP contribution is 2.24. The van der Waals surface area contributed by atoms with E-state index in [-0.39, 0.29) is 11.9 Å². The van der Waals surface area contributed by atoms with E-state index in [2.05, 4.69) is 5.32 Å². The maximum absolute atomic E-state index is 13.9. The van der Waals surface area contributed by atoms with Crippen molar-refractivity contribution in [1.82, 2.24) is 5.32 Å². The van der Waals surface area contributed by atoms with E-state index in [1.54, 1.807) is 19.2 Å². The van der Waals surface area contributed by atoms with E-state index < -0.39 is 0 Å². The number of nitrogens with one attached hydrogen (secondary N) is 1. The van der Waals surface area contributed by atoms with Crippen LogP contribution in [-0.4, -0.2) is 14.2 Å². The molecule has 0 aliphatic heterocycles. The van der Waals surface area contributed by atoms with Crippen LogP contribution in [0.4, 0.5) is 4.39 Å². The Kier molecular flexibility index (Phi) is 4.99. The van der Waals surface area contributed by atoms with Gasteiger partial charge in [0.25, 0.3) is 0 Å². The van der Waals surface area contributed by atoms with E-state index in [0.29, 0.717) is 17.0 Å². The fraction of sp³-hybridized carbons (Fsp3) is 0.250. The summed E-state index contributed by atoms with van der Waals surface area (Å²) in [5.74, 6) is 0.514. The Labute approximate surface area is 123 Å². The van der Waals surface area contributed by atoms with E-state index in [1.165, 1.54) is 6.07 Å². The molecule has 0 saturated carbocycles. The molecule has 2 rings (SSSR count).